The van der Waals surface area contributed by atoms with E-state index in [0.717, 1.165) is 16.7 Å². The van der Waals surface area contributed by atoms with Crippen LogP contribution >= 0.6 is 0 Å². The number of carboxylic acid groups (broad SMARTS) is 1. The van der Waals surface area contributed by atoms with E-state index in [4.69, 9.17) is 9.31 Å². The maximum absolute atomic E-state index is 12.8. The van der Waals surface area contributed by atoms with E-state index in [1.54, 1.807) is 0 Å². The fourth-order valence-corrected chi connectivity index (χ4v) is 4.15. The molecular formula is C19H25BN2O5. The van der Waals surface area contributed by atoms with Gasteiger partial charge in [0.05, 0.1) is 16.6 Å². The van der Waals surface area contributed by atoms with Gasteiger partial charge in [0.1, 0.15) is 0 Å². The molecule has 0 unspecified atom stereocenters. The standard InChI is InChI=1S/C19H25BN2O5/c1-17(2)18(3,4)27-20(26-17)12-5-6-13-14(11-12)21-15(23)19(13)7-9-22(10-8-19)16(24)25/h5-6,11H,7-10H2,1-4H3,(H,21,23)(H,24,25). The zero-order valence-corrected chi connectivity index (χ0v) is 16.2. The summed E-state index contributed by atoms with van der Waals surface area (Å²) in [6.45, 7) is 8.75. The Morgan fingerprint density at radius 1 is 1.15 bits per heavy atom. The number of hydrogen-bond acceptors (Lipinski definition) is 4. The molecular weight excluding hydrogens is 347 g/mol. The maximum atomic E-state index is 12.8. The minimum Gasteiger partial charge on any atom is -0.465 e. The number of amides is 2. The van der Waals surface area contributed by atoms with Crippen molar-refractivity contribution in [2.75, 3.05) is 18.4 Å². The van der Waals surface area contributed by atoms with E-state index < -0.39 is 29.8 Å². The number of rotatable bonds is 1. The molecule has 27 heavy (non-hydrogen) atoms. The van der Waals surface area contributed by atoms with Crippen molar-refractivity contribution in [3.8, 4) is 0 Å². The van der Waals surface area contributed by atoms with Crippen LogP contribution in [0.2, 0.25) is 0 Å². The minimum absolute atomic E-state index is 0.0476. The smallest absolute Gasteiger partial charge is 0.465 e. The predicted molar refractivity (Wildman–Crippen MR) is 101 cm³/mol. The molecule has 2 saturated heterocycles. The summed E-state index contributed by atoms with van der Waals surface area (Å²) in [6.07, 6.45) is 0.0571. The number of nitrogens with zero attached hydrogens (tertiary/aromatic N) is 1. The molecule has 0 saturated carbocycles. The molecule has 4 rings (SSSR count). The van der Waals surface area contributed by atoms with Crippen molar-refractivity contribution in [2.45, 2.75) is 57.2 Å². The van der Waals surface area contributed by atoms with Gasteiger partial charge in [0.15, 0.2) is 0 Å². The van der Waals surface area contributed by atoms with Gasteiger partial charge < -0.3 is 24.6 Å². The lowest BCUT2D eigenvalue weighted by Gasteiger charge is -2.36. The van der Waals surface area contributed by atoms with Gasteiger partial charge in [-0.15, -0.1) is 0 Å². The maximum Gasteiger partial charge on any atom is 0.494 e. The summed E-state index contributed by atoms with van der Waals surface area (Å²) in [7, 11) is -0.484. The van der Waals surface area contributed by atoms with Crippen LogP contribution in [-0.2, 0) is 19.5 Å². The van der Waals surface area contributed by atoms with Gasteiger partial charge in [-0.1, -0.05) is 12.1 Å². The van der Waals surface area contributed by atoms with E-state index in [0.29, 0.717) is 25.9 Å². The Labute approximate surface area is 159 Å². The molecule has 3 aliphatic heterocycles. The second-order valence-electron chi connectivity index (χ2n) is 8.70. The number of anilines is 1. The van der Waals surface area contributed by atoms with Gasteiger partial charge >= 0.3 is 13.2 Å². The normalized spacial score (nSPS) is 24.8. The largest absolute Gasteiger partial charge is 0.494 e. The predicted octanol–water partition coefficient (Wildman–Crippen LogP) is 1.95. The molecule has 0 radical (unpaired) electrons. The number of nitrogens with one attached hydrogen (secondary N) is 1. The molecule has 8 heteroatoms. The molecule has 0 atom stereocenters. The molecule has 2 N–H and O–H groups in total. The van der Waals surface area contributed by atoms with Crippen LogP contribution in [0.15, 0.2) is 18.2 Å². The Hall–Kier alpha value is -2.06. The highest BCUT2D eigenvalue weighted by Crippen LogP contribution is 2.45. The van der Waals surface area contributed by atoms with Crippen molar-refractivity contribution in [3.05, 3.63) is 23.8 Å². The third-order valence-electron chi connectivity index (χ3n) is 6.65. The summed E-state index contributed by atoms with van der Waals surface area (Å²) in [5.41, 5.74) is 1.09. The summed E-state index contributed by atoms with van der Waals surface area (Å²) >= 11 is 0. The fourth-order valence-electron chi connectivity index (χ4n) is 4.15. The molecule has 0 aliphatic carbocycles. The minimum atomic E-state index is -0.931. The highest BCUT2D eigenvalue weighted by molar-refractivity contribution is 6.62. The topological polar surface area (TPSA) is 88.1 Å². The van der Waals surface area contributed by atoms with E-state index >= 15 is 0 Å². The van der Waals surface area contributed by atoms with Crippen LogP contribution in [0.3, 0.4) is 0 Å². The molecule has 7 nitrogen and oxygen atoms in total. The Morgan fingerprint density at radius 3 is 2.30 bits per heavy atom. The van der Waals surface area contributed by atoms with Gasteiger partial charge in [-0.25, -0.2) is 4.79 Å². The van der Waals surface area contributed by atoms with Gasteiger partial charge in [0, 0.05) is 18.8 Å². The van der Waals surface area contributed by atoms with Crippen LogP contribution in [0.1, 0.15) is 46.1 Å². The zero-order valence-electron chi connectivity index (χ0n) is 16.2. The lowest BCUT2D eigenvalue weighted by Crippen LogP contribution is -2.47. The van der Waals surface area contributed by atoms with Gasteiger partial charge in [0.2, 0.25) is 5.91 Å². The molecule has 0 aromatic heterocycles. The average Bonchev–Trinajstić information content (AvgIpc) is 2.98. The summed E-state index contributed by atoms with van der Waals surface area (Å²) in [6, 6.07) is 5.84. The third-order valence-corrected chi connectivity index (χ3v) is 6.65. The monoisotopic (exact) mass is 372 g/mol. The SMILES string of the molecule is CC1(C)OB(c2ccc3c(c2)NC(=O)C32CCN(C(=O)O)CC2)OC1(C)C. The van der Waals surface area contributed by atoms with Gasteiger partial charge in [0.25, 0.3) is 0 Å². The average molecular weight is 372 g/mol. The van der Waals surface area contributed by atoms with Crippen LogP contribution in [0.4, 0.5) is 10.5 Å². The Kier molecular flexibility index (Phi) is 3.88. The summed E-state index contributed by atoms with van der Waals surface area (Å²) in [5.74, 6) is -0.0476. The lowest BCUT2D eigenvalue weighted by atomic mass is 9.72. The molecule has 1 aromatic rings. The van der Waals surface area contributed by atoms with Crippen molar-refractivity contribution in [1.29, 1.82) is 0 Å². The number of likely N-dealkylation sites (tertiary alicyclic amines) is 1. The van der Waals surface area contributed by atoms with E-state index in [-0.39, 0.29) is 5.91 Å². The van der Waals surface area contributed by atoms with Crippen LogP contribution < -0.4 is 10.8 Å². The lowest BCUT2D eigenvalue weighted by molar-refractivity contribution is -0.122. The number of fused-ring (bicyclic) bond motifs is 2. The van der Waals surface area contributed by atoms with Crippen molar-refractivity contribution in [1.82, 2.24) is 4.90 Å². The number of carbonyl (C=O) groups excluding carboxylic acids is 1. The van der Waals surface area contributed by atoms with E-state index in [9.17, 15) is 14.7 Å². The first-order valence-corrected chi connectivity index (χ1v) is 9.35. The van der Waals surface area contributed by atoms with E-state index in [1.165, 1.54) is 4.90 Å². The number of piperidine rings is 1. The van der Waals surface area contributed by atoms with Gasteiger partial charge in [-0.3, -0.25) is 4.79 Å². The highest BCUT2D eigenvalue weighted by Gasteiger charge is 2.53. The van der Waals surface area contributed by atoms with Crippen LogP contribution in [0, 0.1) is 0 Å². The van der Waals surface area contributed by atoms with E-state index in [2.05, 4.69) is 5.32 Å². The Morgan fingerprint density at radius 2 is 1.74 bits per heavy atom. The fraction of sp³-hybridized carbons (Fsp3) is 0.579. The first-order valence-electron chi connectivity index (χ1n) is 9.35. The summed E-state index contributed by atoms with van der Waals surface area (Å²) < 4.78 is 12.2. The molecule has 2 fully saturated rings. The zero-order chi connectivity index (χ0) is 19.6. The van der Waals surface area contributed by atoms with Crippen LogP contribution in [0.5, 0.6) is 0 Å². The number of carbonyl (C=O) groups is 2. The summed E-state index contributed by atoms with van der Waals surface area (Å²) in [4.78, 5) is 25.3. The molecule has 3 aliphatic rings. The second-order valence-corrected chi connectivity index (χ2v) is 8.70. The Balaban J connectivity index is 1.61. The molecule has 144 valence electrons. The number of hydrogen-bond donors (Lipinski definition) is 2. The molecule has 3 heterocycles. The second kappa shape index (κ2) is 5.72. The number of benzene rings is 1. The Bertz CT molecular complexity index is 798. The van der Waals surface area contributed by atoms with Crippen molar-refractivity contribution < 1.29 is 24.0 Å². The van der Waals surface area contributed by atoms with Crippen molar-refractivity contribution >= 4 is 30.3 Å². The van der Waals surface area contributed by atoms with Crippen molar-refractivity contribution in [2.24, 2.45) is 0 Å². The highest BCUT2D eigenvalue weighted by atomic mass is 16.7. The first-order chi connectivity index (χ1) is 12.6. The summed E-state index contributed by atoms with van der Waals surface area (Å²) in [5, 5.41) is 12.2. The van der Waals surface area contributed by atoms with Crippen molar-refractivity contribution in [3.63, 3.8) is 0 Å². The first kappa shape index (κ1) is 18.3. The quantitative estimate of drug-likeness (QED) is 0.736. The van der Waals surface area contributed by atoms with Crippen LogP contribution in [0.25, 0.3) is 0 Å². The van der Waals surface area contributed by atoms with Crippen LogP contribution in [-0.4, -0.2) is 53.4 Å². The molecule has 1 aromatic carbocycles. The molecule has 1 spiro atoms. The van der Waals surface area contributed by atoms with Gasteiger partial charge in [-0.2, -0.15) is 0 Å². The molecule has 0 bridgehead atoms. The van der Waals surface area contributed by atoms with E-state index in [1.807, 2.05) is 45.9 Å². The third kappa shape index (κ3) is 2.65. The van der Waals surface area contributed by atoms with Gasteiger partial charge in [-0.05, 0) is 57.6 Å². The molecule has 2 amide bonds.